The second-order valence-corrected chi connectivity index (χ2v) is 6.41. The van der Waals surface area contributed by atoms with E-state index in [2.05, 4.69) is 9.88 Å². The molecule has 7 nitrogen and oxygen atoms in total. The van der Waals surface area contributed by atoms with Crippen molar-refractivity contribution in [1.82, 2.24) is 9.88 Å². The molecule has 2 rings (SSSR count). The Balaban J connectivity index is 1.93. The van der Waals surface area contributed by atoms with Gasteiger partial charge in [-0.15, -0.1) is 0 Å². The van der Waals surface area contributed by atoms with Gasteiger partial charge in [0, 0.05) is 6.07 Å². The van der Waals surface area contributed by atoms with Gasteiger partial charge in [-0.25, -0.2) is 8.42 Å². The second-order valence-electron chi connectivity index (χ2n) is 4.69. The van der Waals surface area contributed by atoms with Crippen molar-refractivity contribution in [3.63, 3.8) is 0 Å². The number of nitrogens with one attached hydrogen (secondary N) is 1. The van der Waals surface area contributed by atoms with E-state index >= 15 is 0 Å². The normalized spacial score (nSPS) is 12.8. The smallest absolute Gasteiger partial charge is 0.324 e. The van der Waals surface area contributed by atoms with Crippen molar-refractivity contribution < 1.29 is 22.5 Å². The Hall–Kier alpha value is -2.19. The number of aromatic nitrogens is 1. The number of ether oxygens (including phenoxy) is 1. The highest BCUT2D eigenvalue weighted by atomic mass is 32.2. The van der Waals surface area contributed by atoms with Crippen LogP contribution in [0.25, 0.3) is 0 Å². The maximum absolute atomic E-state index is 12.1. The molecule has 8 heteroatoms. The van der Waals surface area contributed by atoms with Crippen molar-refractivity contribution in [2.75, 3.05) is 0 Å². The summed E-state index contributed by atoms with van der Waals surface area (Å²) in [4.78, 5) is 11.9. The number of benzene rings is 1. The molecule has 0 radical (unpaired) electrons. The number of carbonyl (C=O) groups is 1. The lowest BCUT2D eigenvalue weighted by atomic mass is 10.3. The summed E-state index contributed by atoms with van der Waals surface area (Å²) in [6.07, 6.45) is 0. The van der Waals surface area contributed by atoms with Crippen molar-refractivity contribution in [3.8, 4) is 0 Å². The highest BCUT2D eigenvalue weighted by Gasteiger charge is 2.23. The van der Waals surface area contributed by atoms with E-state index in [-0.39, 0.29) is 11.5 Å². The summed E-state index contributed by atoms with van der Waals surface area (Å²) in [6, 6.07) is 8.41. The summed E-state index contributed by atoms with van der Waals surface area (Å²) in [7, 11) is -3.77. The monoisotopic (exact) mass is 324 g/mol. The molecule has 1 N–H and O–H groups in total. The topological polar surface area (TPSA) is 98.5 Å². The fourth-order valence-corrected chi connectivity index (χ4v) is 2.92. The maximum Gasteiger partial charge on any atom is 0.324 e. The fourth-order valence-electron chi connectivity index (χ4n) is 1.70. The molecule has 0 aliphatic rings. The number of sulfonamides is 1. The maximum atomic E-state index is 12.1. The van der Waals surface area contributed by atoms with Gasteiger partial charge < -0.3 is 9.26 Å². The lowest BCUT2D eigenvalue weighted by Crippen LogP contribution is -2.39. The molecule has 22 heavy (non-hydrogen) atoms. The van der Waals surface area contributed by atoms with E-state index in [4.69, 9.17) is 9.26 Å². The molecule has 0 aliphatic heterocycles. The van der Waals surface area contributed by atoms with Gasteiger partial charge >= 0.3 is 5.97 Å². The molecule has 0 fully saturated rings. The Kier molecular flexibility index (Phi) is 4.94. The van der Waals surface area contributed by atoms with Gasteiger partial charge in [-0.1, -0.05) is 23.4 Å². The van der Waals surface area contributed by atoms with Crippen molar-refractivity contribution >= 4 is 16.0 Å². The predicted molar refractivity (Wildman–Crippen MR) is 77.3 cm³/mol. The lowest BCUT2D eigenvalue weighted by molar-refractivity contribution is -0.146. The van der Waals surface area contributed by atoms with Crippen LogP contribution in [-0.4, -0.2) is 25.6 Å². The van der Waals surface area contributed by atoms with Gasteiger partial charge in [-0.3, -0.25) is 4.79 Å². The lowest BCUT2D eigenvalue weighted by Gasteiger charge is -2.13. The summed E-state index contributed by atoms with van der Waals surface area (Å²) in [5.74, 6) is -0.0935. The van der Waals surface area contributed by atoms with Crippen LogP contribution in [0.1, 0.15) is 18.4 Å². The second kappa shape index (κ2) is 6.71. The average Bonchev–Trinajstić information content (AvgIpc) is 2.91. The molecule has 0 aliphatic carbocycles. The van der Waals surface area contributed by atoms with Gasteiger partial charge in [0.15, 0.2) is 0 Å². The highest BCUT2D eigenvalue weighted by Crippen LogP contribution is 2.09. The first-order valence-corrected chi connectivity index (χ1v) is 8.03. The summed E-state index contributed by atoms with van der Waals surface area (Å²) >= 11 is 0. The van der Waals surface area contributed by atoms with Crippen molar-refractivity contribution in [3.05, 3.63) is 47.9 Å². The first kappa shape index (κ1) is 16.2. The third-order valence-corrected chi connectivity index (χ3v) is 4.33. The number of nitrogens with zero attached hydrogens (tertiary/aromatic N) is 1. The Bertz CT molecular complexity index is 740. The van der Waals surface area contributed by atoms with Crippen molar-refractivity contribution in [1.29, 1.82) is 0 Å². The van der Waals surface area contributed by atoms with Gasteiger partial charge in [-0.05, 0) is 26.0 Å². The Morgan fingerprint density at radius 2 is 2.05 bits per heavy atom. The van der Waals surface area contributed by atoms with Gasteiger partial charge in [0.05, 0.1) is 4.90 Å². The number of esters is 1. The first-order chi connectivity index (χ1) is 10.4. The van der Waals surface area contributed by atoms with Crippen molar-refractivity contribution in [2.24, 2.45) is 0 Å². The molecule has 0 saturated carbocycles. The van der Waals surface area contributed by atoms with Gasteiger partial charge in [0.2, 0.25) is 10.0 Å². The summed E-state index contributed by atoms with van der Waals surface area (Å²) in [5, 5.41) is 3.68. The quantitative estimate of drug-likeness (QED) is 0.806. The number of hydrogen-bond acceptors (Lipinski definition) is 6. The Morgan fingerprint density at radius 3 is 2.64 bits per heavy atom. The van der Waals surface area contributed by atoms with E-state index in [1.165, 1.54) is 19.1 Å². The molecular weight excluding hydrogens is 308 g/mol. The molecular formula is C14H16N2O5S. The van der Waals surface area contributed by atoms with E-state index < -0.39 is 22.0 Å². The summed E-state index contributed by atoms with van der Waals surface area (Å²) < 4.78 is 36.3. The SMILES string of the molecule is Cc1cc(COC(=O)[C@H](C)NS(=O)(=O)c2ccccc2)no1. The Labute approximate surface area is 128 Å². The van der Waals surface area contributed by atoms with E-state index in [9.17, 15) is 13.2 Å². The zero-order valence-electron chi connectivity index (χ0n) is 12.1. The largest absolute Gasteiger partial charge is 0.458 e. The zero-order chi connectivity index (χ0) is 16.2. The third-order valence-electron chi connectivity index (χ3n) is 2.78. The highest BCUT2D eigenvalue weighted by molar-refractivity contribution is 7.89. The third kappa shape index (κ3) is 4.15. The molecule has 1 heterocycles. The van der Waals surface area contributed by atoms with E-state index in [1.807, 2.05) is 0 Å². The van der Waals surface area contributed by atoms with Crippen LogP contribution in [0.5, 0.6) is 0 Å². The Morgan fingerprint density at radius 1 is 1.36 bits per heavy atom. The number of carbonyl (C=O) groups excluding carboxylic acids is 1. The van der Waals surface area contributed by atoms with E-state index in [0.29, 0.717) is 11.5 Å². The molecule has 0 spiro atoms. The number of hydrogen-bond donors (Lipinski definition) is 1. The summed E-state index contributed by atoms with van der Waals surface area (Å²) in [6.45, 7) is 3.05. The van der Waals surface area contributed by atoms with Crippen LogP contribution < -0.4 is 4.72 Å². The van der Waals surface area contributed by atoms with Crippen molar-refractivity contribution in [2.45, 2.75) is 31.4 Å². The zero-order valence-corrected chi connectivity index (χ0v) is 13.0. The van der Waals surface area contributed by atoms with Crippen LogP contribution in [0.15, 0.2) is 45.8 Å². The minimum Gasteiger partial charge on any atom is -0.458 e. The minimum absolute atomic E-state index is 0.0758. The van der Waals surface area contributed by atoms with Crippen LogP contribution in [0.2, 0.25) is 0 Å². The van der Waals surface area contributed by atoms with Gasteiger partial charge in [-0.2, -0.15) is 4.72 Å². The molecule has 118 valence electrons. The first-order valence-electron chi connectivity index (χ1n) is 6.55. The molecule has 1 atom stereocenters. The van der Waals surface area contributed by atoms with Crippen LogP contribution in [-0.2, 0) is 26.2 Å². The van der Waals surface area contributed by atoms with E-state index in [0.717, 1.165) is 0 Å². The number of aryl methyl sites for hydroxylation is 1. The molecule has 0 unspecified atom stereocenters. The van der Waals surface area contributed by atoms with Crippen LogP contribution in [0.4, 0.5) is 0 Å². The van der Waals surface area contributed by atoms with E-state index in [1.54, 1.807) is 31.2 Å². The average molecular weight is 324 g/mol. The number of rotatable bonds is 6. The van der Waals surface area contributed by atoms with Gasteiger partial charge in [0.1, 0.15) is 24.1 Å². The molecule has 0 saturated heterocycles. The molecule has 0 bridgehead atoms. The minimum atomic E-state index is -3.77. The predicted octanol–water partition coefficient (Wildman–Crippen LogP) is 1.39. The molecule has 1 aromatic heterocycles. The molecule has 1 aromatic carbocycles. The fraction of sp³-hybridized carbons (Fsp3) is 0.286. The van der Waals surface area contributed by atoms with Crippen LogP contribution >= 0.6 is 0 Å². The summed E-state index contributed by atoms with van der Waals surface area (Å²) in [5.41, 5.74) is 0.462. The van der Waals surface area contributed by atoms with Crippen LogP contribution in [0.3, 0.4) is 0 Å². The van der Waals surface area contributed by atoms with Gasteiger partial charge in [0.25, 0.3) is 0 Å². The molecule has 2 aromatic rings. The molecule has 0 amide bonds. The van der Waals surface area contributed by atoms with Crippen LogP contribution in [0, 0.1) is 6.92 Å². The standard InChI is InChI=1S/C14H16N2O5S/c1-10-8-12(15-21-10)9-20-14(17)11(2)16-22(18,19)13-6-4-3-5-7-13/h3-8,11,16H,9H2,1-2H3/t11-/m0/s1.